The molecule has 2 aliphatic rings. The highest BCUT2D eigenvalue weighted by Crippen LogP contribution is 2.50. The first-order valence-electron chi connectivity index (χ1n) is 9.15. The van der Waals surface area contributed by atoms with Gasteiger partial charge in [0.05, 0.1) is 26.5 Å². The Hall–Kier alpha value is -3.41. The molecular weight excluding hydrogens is 356 g/mol. The number of fused-ring (bicyclic) bond motifs is 3. The second-order valence-corrected chi connectivity index (χ2v) is 6.75. The molecule has 6 heteroatoms. The Bertz CT molecular complexity index is 1010. The molecule has 0 saturated heterocycles. The predicted octanol–water partition coefficient (Wildman–Crippen LogP) is 4.54. The standard InChI is InChI=1S/C22H20N2O4/c1-25-15-10-8-14(9-11-15)22-24-18(13-17(23-24)19-7-4-12-27-19)16-5-3-6-20(26-2)21(16)28-22/h3-12,18,22H,13H2,1-2H3/t18-,22-/m0/s1. The summed E-state index contributed by atoms with van der Waals surface area (Å²) in [6, 6.07) is 17.7. The van der Waals surface area contributed by atoms with Gasteiger partial charge in [0.15, 0.2) is 11.5 Å². The van der Waals surface area contributed by atoms with Gasteiger partial charge in [0.1, 0.15) is 17.2 Å². The Balaban J connectivity index is 1.61. The maximum Gasteiger partial charge on any atom is 0.214 e. The van der Waals surface area contributed by atoms with E-state index in [0.717, 1.165) is 46.3 Å². The maximum absolute atomic E-state index is 6.42. The monoisotopic (exact) mass is 376 g/mol. The van der Waals surface area contributed by atoms with Gasteiger partial charge in [0, 0.05) is 17.5 Å². The van der Waals surface area contributed by atoms with E-state index < -0.39 is 0 Å². The number of furan rings is 1. The number of para-hydroxylation sites is 1. The number of methoxy groups -OCH3 is 2. The van der Waals surface area contributed by atoms with Gasteiger partial charge in [-0.05, 0) is 42.5 Å². The first-order chi connectivity index (χ1) is 13.8. The summed E-state index contributed by atoms with van der Waals surface area (Å²) < 4.78 is 22.9. The van der Waals surface area contributed by atoms with Crippen LogP contribution < -0.4 is 14.2 Å². The molecule has 3 heterocycles. The molecule has 0 fully saturated rings. The van der Waals surface area contributed by atoms with E-state index in [1.54, 1.807) is 20.5 Å². The lowest BCUT2D eigenvalue weighted by Crippen LogP contribution is -2.33. The van der Waals surface area contributed by atoms with Crippen molar-refractivity contribution in [2.45, 2.75) is 18.7 Å². The molecule has 2 atom stereocenters. The maximum atomic E-state index is 6.42. The topological polar surface area (TPSA) is 56.4 Å². The number of hydrazone groups is 1. The molecule has 3 aromatic rings. The zero-order valence-corrected chi connectivity index (χ0v) is 15.7. The summed E-state index contributed by atoms with van der Waals surface area (Å²) >= 11 is 0. The zero-order chi connectivity index (χ0) is 19.1. The molecule has 0 saturated carbocycles. The highest BCUT2D eigenvalue weighted by Gasteiger charge is 2.42. The van der Waals surface area contributed by atoms with Crippen LogP contribution in [0.4, 0.5) is 0 Å². The van der Waals surface area contributed by atoms with Gasteiger partial charge in [-0.3, -0.25) is 0 Å². The molecule has 2 aliphatic heterocycles. The third-order valence-electron chi connectivity index (χ3n) is 5.21. The Labute approximate surface area is 162 Å². The molecule has 0 bridgehead atoms. The minimum atomic E-state index is -0.368. The van der Waals surface area contributed by atoms with Crippen molar-refractivity contribution in [1.29, 1.82) is 0 Å². The van der Waals surface area contributed by atoms with Crippen molar-refractivity contribution in [3.05, 3.63) is 77.7 Å². The smallest absolute Gasteiger partial charge is 0.214 e. The lowest BCUT2D eigenvalue weighted by Gasteiger charge is -2.38. The summed E-state index contributed by atoms with van der Waals surface area (Å²) in [6.45, 7) is 0. The SMILES string of the molecule is COc1ccc([C@@H]2Oc3c(OC)cccc3[C@@H]3CC(c4ccco4)=NN32)cc1. The molecule has 0 N–H and O–H groups in total. The highest BCUT2D eigenvalue weighted by atomic mass is 16.5. The van der Waals surface area contributed by atoms with Crippen LogP contribution in [0.5, 0.6) is 17.2 Å². The van der Waals surface area contributed by atoms with E-state index in [0.29, 0.717) is 0 Å². The molecule has 1 aromatic heterocycles. The van der Waals surface area contributed by atoms with Gasteiger partial charge in [0.25, 0.3) is 0 Å². The van der Waals surface area contributed by atoms with Gasteiger partial charge >= 0.3 is 0 Å². The highest BCUT2D eigenvalue weighted by molar-refractivity contribution is 5.99. The van der Waals surface area contributed by atoms with Crippen LogP contribution in [0.3, 0.4) is 0 Å². The van der Waals surface area contributed by atoms with Crippen molar-refractivity contribution in [2.24, 2.45) is 5.10 Å². The van der Waals surface area contributed by atoms with Crippen LogP contribution in [0.1, 0.15) is 35.6 Å². The Kier molecular flexibility index (Phi) is 3.97. The number of ether oxygens (including phenoxy) is 3. The van der Waals surface area contributed by atoms with E-state index in [9.17, 15) is 0 Å². The number of nitrogens with zero attached hydrogens (tertiary/aromatic N) is 2. The van der Waals surface area contributed by atoms with E-state index in [4.69, 9.17) is 23.7 Å². The molecule has 6 nitrogen and oxygen atoms in total. The fraction of sp³-hybridized carbons (Fsp3) is 0.227. The lowest BCUT2D eigenvalue weighted by molar-refractivity contribution is -0.0209. The molecule has 142 valence electrons. The third-order valence-corrected chi connectivity index (χ3v) is 5.21. The van der Waals surface area contributed by atoms with Crippen LogP contribution in [-0.2, 0) is 0 Å². The van der Waals surface area contributed by atoms with Crippen molar-refractivity contribution in [3.63, 3.8) is 0 Å². The fourth-order valence-electron chi connectivity index (χ4n) is 3.82. The van der Waals surface area contributed by atoms with Crippen LogP contribution >= 0.6 is 0 Å². The normalized spacial score (nSPS) is 20.1. The van der Waals surface area contributed by atoms with Crippen molar-refractivity contribution in [3.8, 4) is 17.2 Å². The lowest BCUT2D eigenvalue weighted by atomic mass is 9.97. The van der Waals surface area contributed by atoms with Gasteiger partial charge in [-0.25, -0.2) is 5.01 Å². The first-order valence-corrected chi connectivity index (χ1v) is 9.15. The quantitative estimate of drug-likeness (QED) is 0.669. The van der Waals surface area contributed by atoms with Crippen LogP contribution in [0.2, 0.25) is 0 Å². The molecule has 0 unspecified atom stereocenters. The van der Waals surface area contributed by atoms with Crippen molar-refractivity contribution in [2.75, 3.05) is 14.2 Å². The van der Waals surface area contributed by atoms with Gasteiger partial charge in [-0.2, -0.15) is 5.10 Å². The third kappa shape index (κ3) is 2.60. The van der Waals surface area contributed by atoms with E-state index in [1.165, 1.54) is 0 Å². The predicted molar refractivity (Wildman–Crippen MR) is 104 cm³/mol. The summed E-state index contributed by atoms with van der Waals surface area (Å²) in [4.78, 5) is 0. The number of hydrogen-bond acceptors (Lipinski definition) is 6. The van der Waals surface area contributed by atoms with Gasteiger partial charge in [-0.1, -0.05) is 12.1 Å². The number of benzene rings is 2. The minimum absolute atomic E-state index is 0.0473. The first kappa shape index (κ1) is 16.7. The summed E-state index contributed by atoms with van der Waals surface area (Å²) in [6.07, 6.45) is 2.04. The van der Waals surface area contributed by atoms with Crippen molar-refractivity contribution >= 4 is 5.71 Å². The van der Waals surface area contributed by atoms with E-state index in [1.807, 2.05) is 53.5 Å². The van der Waals surface area contributed by atoms with E-state index in [-0.39, 0.29) is 12.3 Å². The summed E-state index contributed by atoms with van der Waals surface area (Å²) in [5, 5.41) is 6.88. The van der Waals surface area contributed by atoms with Crippen LogP contribution in [0.25, 0.3) is 0 Å². The molecule has 0 spiro atoms. The minimum Gasteiger partial charge on any atom is -0.497 e. The van der Waals surface area contributed by atoms with Crippen molar-refractivity contribution in [1.82, 2.24) is 5.01 Å². The van der Waals surface area contributed by atoms with Gasteiger partial charge in [0.2, 0.25) is 6.23 Å². The molecule has 2 aromatic carbocycles. The summed E-state index contributed by atoms with van der Waals surface area (Å²) in [7, 11) is 3.32. The van der Waals surface area contributed by atoms with E-state index in [2.05, 4.69) is 6.07 Å². The Morgan fingerprint density at radius 1 is 1.00 bits per heavy atom. The van der Waals surface area contributed by atoms with Gasteiger partial charge in [-0.15, -0.1) is 0 Å². The fourth-order valence-corrected chi connectivity index (χ4v) is 3.82. The molecule has 5 rings (SSSR count). The largest absolute Gasteiger partial charge is 0.497 e. The number of hydrogen-bond donors (Lipinski definition) is 0. The summed E-state index contributed by atoms with van der Waals surface area (Å²) in [5.74, 6) is 3.08. The molecule has 0 aliphatic carbocycles. The second kappa shape index (κ2) is 6.64. The van der Waals surface area contributed by atoms with Crippen molar-refractivity contribution < 1.29 is 18.6 Å². The average Bonchev–Trinajstić information content (AvgIpc) is 3.42. The van der Waals surface area contributed by atoms with Crippen LogP contribution in [0, 0.1) is 0 Å². The zero-order valence-electron chi connectivity index (χ0n) is 15.7. The summed E-state index contributed by atoms with van der Waals surface area (Å²) in [5.41, 5.74) is 2.97. The molecule has 0 radical (unpaired) electrons. The number of rotatable bonds is 4. The Morgan fingerprint density at radius 3 is 2.57 bits per heavy atom. The van der Waals surface area contributed by atoms with Crippen LogP contribution in [0.15, 0.2) is 70.4 Å². The Morgan fingerprint density at radius 2 is 1.86 bits per heavy atom. The molecule has 28 heavy (non-hydrogen) atoms. The second-order valence-electron chi connectivity index (χ2n) is 6.75. The van der Waals surface area contributed by atoms with Crippen LogP contribution in [-0.4, -0.2) is 24.9 Å². The molecular formula is C22H20N2O4. The van der Waals surface area contributed by atoms with Gasteiger partial charge < -0.3 is 18.6 Å². The molecule has 0 amide bonds. The van der Waals surface area contributed by atoms with E-state index >= 15 is 0 Å². The average molecular weight is 376 g/mol.